The van der Waals surface area contributed by atoms with E-state index in [2.05, 4.69) is 48.5 Å². The Hall–Kier alpha value is -1.71. The fraction of sp³-hybridized carbons (Fsp3) is 0.533. The van der Waals surface area contributed by atoms with Gasteiger partial charge in [-0.3, -0.25) is 4.99 Å². The van der Waals surface area contributed by atoms with Gasteiger partial charge in [0.2, 0.25) is 0 Å². The molecule has 4 nitrogen and oxygen atoms in total. The van der Waals surface area contributed by atoms with Crippen molar-refractivity contribution in [2.24, 2.45) is 4.99 Å². The van der Waals surface area contributed by atoms with Gasteiger partial charge in [-0.05, 0) is 23.1 Å². The van der Waals surface area contributed by atoms with Crippen molar-refractivity contribution in [2.75, 3.05) is 27.2 Å². The number of ether oxygens (including phenoxy) is 1. The van der Waals surface area contributed by atoms with E-state index >= 15 is 0 Å². The lowest BCUT2D eigenvalue weighted by atomic mass is 9.87. The van der Waals surface area contributed by atoms with Gasteiger partial charge >= 0.3 is 0 Å². The summed E-state index contributed by atoms with van der Waals surface area (Å²) >= 11 is 0. The Labute approximate surface area is 116 Å². The molecule has 0 spiro atoms. The zero-order chi connectivity index (χ0) is 14.3. The number of hydrogen-bond donors (Lipinski definition) is 2. The van der Waals surface area contributed by atoms with Gasteiger partial charge in [-0.25, -0.2) is 0 Å². The molecule has 0 aromatic heterocycles. The van der Waals surface area contributed by atoms with Crippen LogP contribution in [0.25, 0.3) is 0 Å². The van der Waals surface area contributed by atoms with Crippen LogP contribution in [0.4, 0.5) is 0 Å². The minimum Gasteiger partial charge on any atom is -0.492 e. The quantitative estimate of drug-likeness (QED) is 0.497. The van der Waals surface area contributed by atoms with Crippen molar-refractivity contribution in [2.45, 2.75) is 26.2 Å². The lowest BCUT2D eigenvalue weighted by molar-refractivity contribution is 0.322. The van der Waals surface area contributed by atoms with E-state index in [0.717, 1.165) is 11.7 Å². The highest BCUT2D eigenvalue weighted by Gasteiger charge is 2.12. The molecule has 0 fully saturated rings. The Bertz CT molecular complexity index is 404. The molecule has 0 saturated heterocycles. The van der Waals surface area contributed by atoms with Crippen LogP contribution in [0.3, 0.4) is 0 Å². The highest BCUT2D eigenvalue weighted by atomic mass is 16.5. The van der Waals surface area contributed by atoms with Gasteiger partial charge in [-0.1, -0.05) is 32.9 Å². The van der Waals surface area contributed by atoms with Crippen LogP contribution in [0.2, 0.25) is 0 Å². The van der Waals surface area contributed by atoms with Gasteiger partial charge in [0.1, 0.15) is 12.4 Å². The second-order valence-corrected chi connectivity index (χ2v) is 5.37. The molecule has 0 aliphatic carbocycles. The molecular weight excluding hydrogens is 238 g/mol. The Morgan fingerprint density at radius 2 is 1.84 bits per heavy atom. The predicted octanol–water partition coefficient (Wildman–Crippen LogP) is 2.16. The minimum atomic E-state index is 0.180. The summed E-state index contributed by atoms with van der Waals surface area (Å²) in [4.78, 5) is 4.03. The molecule has 0 atom stereocenters. The Balaban J connectivity index is 2.39. The molecule has 1 aromatic carbocycles. The van der Waals surface area contributed by atoms with Crippen LogP contribution in [0, 0.1) is 0 Å². The van der Waals surface area contributed by atoms with Gasteiger partial charge in [0.05, 0.1) is 6.54 Å². The maximum absolute atomic E-state index is 5.67. The molecule has 106 valence electrons. The highest BCUT2D eigenvalue weighted by molar-refractivity contribution is 5.79. The first kappa shape index (κ1) is 15.3. The zero-order valence-electron chi connectivity index (χ0n) is 12.6. The van der Waals surface area contributed by atoms with E-state index in [4.69, 9.17) is 4.74 Å². The molecule has 0 radical (unpaired) electrons. The van der Waals surface area contributed by atoms with Crippen molar-refractivity contribution in [1.29, 1.82) is 0 Å². The van der Waals surface area contributed by atoms with Crippen molar-refractivity contribution >= 4 is 5.96 Å². The molecule has 0 aliphatic rings. The first-order valence-corrected chi connectivity index (χ1v) is 6.59. The van der Waals surface area contributed by atoms with Crippen LogP contribution >= 0.6 is 0 Å². The average molecular weight is 263 g/mol. The van der Waals surface area contributed by atoms with Gasteiger partial charge in [0.15, 0.2) is 5.96 Å². The number of benzene rings is 1. The number of rotatable bonds is 4. The topological polar surface area (TPSA) is 45.7 Å². The number of aliphatic imine (C=N–C) groups is 1. The highest BCUT2D eigenvalue weighted by Crippen LogP contribution is 2.24. The van der Waals surface area contributed by atoms with Gasteiger partial charge in [-0.2, -0.15) is 0 Å². The van der Waals surface area contributed by atoms with Crippen LogP contribution in [0.1, 0.15) is 26.3 Å². The van der Waals surface area contributed by atoms with Crippen LogP contribution in [-0.2, 0) is 5.41 Å². The SMILES string of the molecule is CN=C(NC)NCCOc1ccc(C(C)(C)C)cc1. The third kappa shape index (κ3) is 5.20. The van der Waals surface area contributed by atoms with Crippen molar-refractivity contribution in [3.8, 4) is 5.75 Å². The molecule has 1 rings (SSSR count). The molecule has 0 saturated carbocycles. The van der Waals surface area contributed by atoms with Gasteiger partial charge < -0.3 is 15.4 Å². The summed E-state index contributed by atoms with van der Waals surface area (Å²) in [5.74, 6) is 1.67. The van der Waals surface area contributed by atoms with Crippen LogP contribution < -0.4 is 15.4 Å². The Kier molecular flexibility index (Phi) is 5.67. The lowest BCUT2D eigenvalue weighted by Crippen LogP contribution is -2.37. The summed E-state index contributed by atoms with van der Waals surface area (Å²) < 4.78 is 5.67. The molecular formula is C15H25N3O. The van der Waals surface area contributed by atoms with E-state index in [1.807, 2.05) is 19.2 Å². The number of nitrogens with zero attached hydrogens (tertiary/aromatic N) is 1. The first-order chi connectivity index (χ1) is 8.97. The molecule has 0 aliphatic heterocycles. The molecule has 1 aromatic rings. The van der Waals surface area contributed by atoms with E-state index in [1.165, 1.54) is 5.56 Å². The average Bonchev–Trinajstić information content (AvgIpc) is 2.38. The molecule has 4 heteroatoms. The van der Waals surface area contributed by atoms with E-state index in [1.54, 1.807) is 7.05 Å². The van der Waals surface area contributed by atoms with Crippen molar-refractivity contribution in [3.63, 3.8) is 0 Å². The summed E-state index contributed by atoms with van der Waals surface area (Å²) in [5.41, 5.74) is 1.49. The summed E-state index contributed by atoms with van der Waals surface area (Å²) in [7, 11) is 3.58. The maximum atomic E-state index is 5.67. The van der Waals surface area contributed by atoms with E-state index < -0.39 is 0 Å². The molecule has 0 amide bonds. The normalized spacial score (nSPS) is 12.2. The van der Waals surface area contributed by atoms with Gasteiger partial charge in [0.25, 0.3) is 0 Å². The van der Waals surface area contributed by atoms with E-state index in [-0.39, 0.29) is 5.41 Å². The standard InChI is InChI=1S/C15H25N3O/c1-15(2,3)12-6-8-13(9-7-12)19-11-10-18-14(16-4)17-5/h6-9H,10-11H2,1-5H3,(H2,16,17,18). The van der Waals surface area contributed by atoms with Crippen LogP contribution in [0.5, 0.6) is 5.75 Å². The zero-order valence-corrected chi connectivity index (χ0v) is 12.6. The van der Waals surface area contributed by atoms with Crippen LogP contribution in [0.15, 0.2) is 29.3 Å². The lowest BCUT2D eigenvalue weighted by Gasteiger charge is -2.19. The summed E-state index contributed by atoms with van der Waals surface area (Å²) in [6, 6.07) is 8.28. The summed E-state index contributed by atoms with van der Waals surface area (Å²) in [6.45, 7) is 7.94. The van der Waals surface area contributed by atoms with Crippen molar-refractivity contribution in [1.82, 2.24) is 10.6 Å². The van der Waals surface area contributed by atoms with E-state index in [0.29, 0.717) is 13.2 Å². The van der Waals surface area contributed by atoms with Crippen LogP contribution in [-0.4, -0.2) is 33.2 Å². The van der Waals surface area contributed by atoms with E-state index in [9.17, 15) is 0 Å². The molecule has 19 heavy (non-hydrogen) atoms. The Morgan fingerprint density at radius 1 is 1.21 bits per heavy atom. The second kappa shape index (κ2) is 7.02. The predicted molar refractivity (Wildman–Crippen MR) is 81.1 cm³/mol. The largest absolute Gasteiger partial charge is 0.492 e. The smallest absolute Gasteiger partial charge is 0.190 e. The van der Waals surface area contributed by atoms with Gasteiger partial charge in [0, 0.05) is 14.1 Å². The Morgan fingerprint density at radius 3 is 2.32 bits per heavy atom. The molecule has 0 bridgehead atoms. The maximum Gasteiger partial charge on any atom is 0.190 e. The third-order valence-electron chi connectivity index (χ3n) is 2.84. The third-order valence-corrected chi connectivity index (χ3v) is 2.84. The number of guanidine groups is 1. The summed E-state index contributed by atoms with van der Waals surface area (Å²) in [6.07, 6.45) is 0. The molecule has 0 unspecified atom stereocenters. The molecule has 2 N–H and O–H groups in total. The number of nitrogens with one attached hydrogen (secondary N) is 2. The molecule has 0 heterocycles. The summed E-state index contributed by atoms with van der Waals surface area (Å²) in [5, 5.41) is 6.10. The number of hydrogen-bond acceptors (Lipinski definition) is 2. The second-order valence-electron chi connectivity index (χ2n) is 5.37. The minimum absolute atomic E-state index is 0.180. The van der Waals surface area contributed by atoms with Gasteiger partial charge in [-0.15, -0.1) is 0 Å². The first-order valence-electron chi connectivity index (χ1n) is 6.59. The fourth-order valence-corrected chi connectivity index (χ4v) is 1.67. The monoisotopic (exact) mass is 263 g/mol. The van der Waals surface area contributed by atoms with Crippen molar-refractivity contribution in [3.05, 3.63) is 29.8 Å². The fourth-order valence-electron chi connectivity index (χ4n) is 1.67. The van der Waals surface area contributed by atoms with Crippen molar-refractivity contribution < 1.29 is 4.74 Å².